The first-order chi connectivity index (χ1) is 8.97. The molecular weight excluding hydrogens is 246 g/mol. The van der Waals surface area contributed by atoms with E-state index in [1.54, 1.807) is 4.90 Å². The van der Waals surface area contributed by atoms with Crippen LogP contribution in [0.1, 0.15) is 40.0 Å². The van der Waals surface area contributed by atoms with Gasteiger partial charge in [0, 0.05) is 12.5 Å². The van der Waals surface area contributed by atoms with Crippen LogP contribution in [0.3, 0.4) is 0 Å². The third-order valence-electron chi connectivity index (χ3n) is 3.64. The number of carbonyl (C=O) groups is 2. The van der Waals surface area contributed by atoms with Crippen molar-refractivity contribution in [2.24, 2.45) is 11.8 Å². The SMILES string of the molecule is CCCC(C(=O)N1CCOCC1CC(=O)O)C(C)C. The van der Waals surface area contributed by atoms with E-state index in [-0.39, 0.29) is 30.2 Å². The summed E-state index contributed by atoms with van der Waals surface area (Å²) in [5, 5.41) is 8.92. The van der Waals surface area contributed by atoms with E-state index in [1.807, 2.05) is 13.8 Å². The van der Waals surface area contributed by atoms with E-state index in [4.69, 9.17) is 9.84 Å². The summed E-state index contributed by atoms with van der Waals surface area (Å²) >= 11 is 0. The zero-order valence-electron chi connectivity index (χ0n) is 12.1. The molecule has 1 aliphatic rings. The number of morpholine rings is 1. The molecular formula is C14H25NO4. The van der Waals surface area contributed by atoms with E-state index >= 15 is 0 Å². The molecule has 1 heterocycles. The third-order valence-corrected chi connectivity index (χ3v) is 3.64. The van der Waals surface area contributed by atoms with Gasteiger partial charge in [0.05, 0.1) is 25.7 Å². The highest BCUT2D eigenvalue weighted by atomic mass is 16.5. The van der Waals surface area contributed by atoms with E-state index in [0.29, 0.717) is 19.8 Å². The highest BCUT2D eigenvalue weighted by Crippen LogP contribution is 2.23. The summed E-state index contributed by atoms with van der Waals surface area (Å²) in [4.78, 5) is 25.2. The smallest absolute Gasteiger partial charge is 0.305 e. The minimum absolute atomic E-state index is 0.0144. The number of nitrogens with zero attached hydrogens (tertiary/aromatic N) is 1. The topological polar surface area (TPSA) is 66.8 Å². The molecule has 0 bridgehead atoms. The molecule has 0 spiro atoms. The van der Waals surface area contributed by atoms with Gasteiger partial charge in [0.15, 0.2) is 0 Å². The van der Waals surface area contributed by atoms with Gasteiger partial charge in [0.2, 0.25) is 5.91 Å². The van der Waals surface area contributed by atoms with Crippen LogP contribution >= 0.6 is 0 Å². The second-order valence-corrected chi connectivity index (χ2v) is 5.50. The lowest BCUT2D eigenvalue weighted by atomic mass is 9.89. The molecule has 0 aromatic heterocycles. The summed E-state index contributed by atoms with van der Waals surface area (Å²) in [6.07, 6.45) is 1.78. The van der Waals surface area contributed by atoms with Crippen molar-refractivity contribution in [1.29, 1.82) is 0 Å². The van der Waals surface area contributed by atoms with Gasteiger partial charge in [-0.05, 0) is 12.3 Å². The zero-order chi connectivity index (χ0) is 14.4. The maximum atomic E-state index is 12.6. The number of carboxylic acid groups (broad SMARTS) is 1. The Labute approximate surface area is 114 Å². The number of carboxylic acids is 1. The van der Waals surface area contributed by atoms with Crippen molar-refractivity contribution in [2.75, 3.05) is 19.8 Å². The van der Waals surface area contributed by atoms with E-state index in [0.717, 1.165) is 12.8 Å². The fraction of sp³-hybridized carbons (Fsp3) is 0.857. The van der Waals surface area contributed by atoms with Crippen LogP contribution in [0.2, 0.25) is 0 Å². The average molecular weight is 271 g/mol. The Morgan fingerprint density at radius 2 is 2.11 bits per heavy atom. The van der Waals surface area contributed by atoms with Crippen molar-refractivity contribution < 1.29 is 19.4 Å². The normalized spacial score (nSPS) is 21.5. The van der Waals surface area contributed by atoms with Gasteiger partial charge < -0.3 is 14.7 Å². The first kappa shape index (κ1) is 16.0. The molecule has 1 fully saturated rings. The quantitative estimate of drug-likeness (QED) is 0.799. The molecule has 0 saturated carbocycles. The minimum Gasteiger partial charge on any atom is -0.481 e. The number of hydrogen-bond donors (Lipinski definition) is 1. The summed E-state index contributed by atoms with van der Waals surface area (Å²) in [5.41, 5.74) is 0. The van der Waals surface area contributed by atoms with E-state index in [9.17, 15) is 9.59 Å². The standard InChI is InChI=1S/C14H25NO4/c1-4-5-12(10(2)3)14(18)15-6-7-19-9-11(15)8-13(16)17/h10-12H,4-9H2,1-3H3,(H,16,17). The molecule has 1 aliphatic heterocycles. The summed E-state index contributed by atoms with van der Waals surface area (Å²) in [7, 11) is 0. The van der Waals surface area contributed by atoms with Crippen molar-refractivity contribution in [3.8, 4) is 0 Å². The Balaban J connectivity index is 2.77. The predicted molar refractivity (Wildman–Crippen MR) is 71.8 cm³/mol. The van der Waals surface area contributed by atoms with Crippen LogP contribution in [0.4, 0.5) is 0 Å². The third kappa shape index (κ3) is 4.49. The largest absolute Gasteiger partial charge is 0.481 e. The van der Waals surface area contributed by atoms with Gasteiger partial charge in [-0.2, -0.15) is 0 Å². The first-order valence-corrected chi connectivity index (χ1v) is 7.07. The Bertz CT molecular complexity index is 317. The van der Waals surface area contributed by atoms with Crippen molar-refractivity contribution in [2.45, 2.75) is 46.1 Å². The molecule has 0 radical (unpaired) electrons. The highest BCUT2D eigenvalue weighted by molar-refractivity contribution is 5.80. The molecule has 5 heteroatoms. The van der Waals surface area contributed by atoms with Crippen LogP contribution in [-0.2, 0) is 14.3 Å². The number of aliphatic carboxylic acids is 1. The molecule has 2 atom stereocenters. The molecule has 0 aromatic carbocycles. The monoisotopic (exact) mass is 271 g/mol. The van der Waals surface area contributed by atoms with Crippen molar-refractivity contribution in [1.82, 2.24) is 4.90 Å². The van der Waals surface area contributed by atoms with Crippen LogP contribution in [-0.4, -0.2) is 47.7 Å². The molecule has 5 nitrogen and oxygen atoms in total. The van der Waals surface area contributed by atoms with Gasteiger partial charge in [-0.1, -0.05) is 27.2 Å². The lowest BCUT2D eigenvalue weighted by Gasteiger charge is -2.38. The van der Waals surface area contributed by atoms with Gasteiger partial charge in [0.1, 0.15) is 0 Å². The molecule has 1 N–H and O–H groups in total. The molecule has 0 aromatic rings. The predicted octanol–water partition coefficient (Wildman–Crippen LogP) is 1.76. The van der Waals surface area contributed by atoms with Crippen LogP contribution in [0.25, 0.3) is 0 Å². The zero-order valence-corrected chi connectivity index (χ0v) is 12.1. The fourth-order valence-electron chi connectivity index (χ4n) is 2.58. The highest BCUT2D eigenvalue weighted by Gasteiger charge is 2.33. The van der Waals surface area contributed by atoms with Gasteiger partial charge in [-0.25, -0.2) is 0 Å². The number of rotatable bonds is 6. The van der Waals surface area contributed by atoms with Gasteiger partial charge in [-0.15, -0.1) is 0 Å². The van der Waals surface area contributed by atoms with Crippen molar-refractivity contribution in [3.63, 3.8) is 0 Å². The van der Waals surface area contributed by atoms with Crippen LogP contribution in [0.5, 0.6) is 0 Å². The lowest BCUT2D eigenvalue weighted by Crippen LogP contribution is -2.52. The molecule has 1 amide bonds. The van der Waals surface area contributed by atoms with Crippen molar-refractivity contribution in [3.05, 3.63) is 0 Å². The molecule has 110 valence electrons. The maximum Gasteiger partial charge on any atom is 0.305 e. The summed E-state index contributed by atoms with van der Waals surface area (Å²) in [5.74, 6) is -0.531. The molecule has 1 saturated heterocycles. The second-order valence-electron chi connectivity index (χ2n) is 5.50. The number of ether oxygens (including phenoxy) is 1. The molecule has 0 aliphatic carbocycles. The summed E-state index contributed by atoms with van der Waals surface area (Å²) in [6.45, 7) is 7.49. The number of carbonyl (C=O) groups excluding carboxylic acids is 1. The summed E-state index contributed by atoms with van der Waals surface area (Å²) < 4.78 is 5.31. The maximum absolute atomic E-state index is 12.6. The second kappa shape index (κ2) is 7.48. The van der Waals surface area contributed by atoms with Gasteiger partial charge in [-0.3, -0.25) is 9.59 Å². The molecule has 19 heavy (non-hydrogen) atoms. The first-order valence-electron chi connectivity index (χ1n) is 7.07. The fourth-order valence-corrected chi connectivity index (χ4v) is 2.58. The molecule has 2 unspecified atom stereocenters. The number of hydrogen-bond acceptors (Lipinski definition) is 3. The Hall–Kier alpha value is -1.10. The van der Waals surface area contributed by atoms with Crippen LogP contribution < -0.4 is 0 Å². The van der Waals surface area contributed by atoms with Crippen LogP contribution in [0.15, 0.2) is 0 Å². The lowest BCUT2D eigenvalue weighted by molar-refractivity contribution is -0.150. The summed E-state index contributed by atoms with van der Waals surface area (Å²) in [6, 6.07) is -0.322. The van der Waals surface area contributed by atoms with Crippen molar-refractivity contribution >= 4 is 11.9 Å². The Kier molecular flexibility index (Phi) is 6.28. The van der Waals surface area contributed by atoms with E-state index in [1.165, 1.54) is 0 Å². The van der Waals surface area contributed by atoms with Gasteiger partial charge >= 0.3 is 5.97 Å². The Morgan fingerprint density at radius 1 is 1.42 bits per heavy atom. The number of amides is 1. The minimum atomic E-state index is -0.884. The van der Waals surface area contributed by atoms with Gasteiger partial charge in [0.25, 0.3) is 0 Å². The Morgan fingerprint density at radius 3 is 2.63 bits per heavy atom. The average Bonchev–Trinajstić information content (AvgIpc) is 2.34. The van der Waals surface area contributed by atoms with E-state index < -0.39 is 5.97 Å². The van der Waals surface area contributed by atoms with Crippen LogP contribution in [0, 0.1) is 11.8 Å². The molecule has 1 rings (SSSR count). The van der Waals surface area contributed by atoms with E-state index in [2.05, 4.69) is 6.92 Å².